The fraction of sp³-hybridized carbons (Fsp3) is 0.444. The summed E-state index contributed by atoms with van der Waals surface area (Å²) in [5.41, 5.74) is 1.00. The third kappa shape index (κ3) is 2.74. The first-order valence-electron chi connectivity index (χ1n) is 9.15. The molecule has 1 fully saturated rings. The highest BCUT2D eigenvalue weighted by Crippen LogP contribution is 2.36. The SMILES string of the molecule is O=C(Nc1nc2n(n1)CCCC2)N1CCCC1c1nc2ccccc2s1. The molecule has 5 rings (SSSR count). The Morgan fingerprint density at radius 3 is 2.96 bits per heavy atom. The quantitative estimate of drug-likeness (QED) is 0.750. The van der Waals surface area contributed by atoms with Crippen molar-refractivity contribution in [1.82, 2.24) is 24.6 Å². The Labute approximate surface area is 155 Å². The van der Waals surface area contributed by atoms with Crippen LogP contribution >= 0.6 is 11.3 Å². The van der Waals surface area contributed by atoms with Crippen LogP contribution in [0.3, 0.4) is 0 Å². The number of aromatic nitrogens is 4. The Balaban J connectivity index is 1.36. The van der Waals surface area contributed by atoms with E-state index in [1.807, 2.05) is 27.8 Å². The van der Waals surface area contributed by atoms with Gasteiger partial charge in [0.25, 0.3) is 0 Å². The maximum absolute atomic E-state index is 12.8. The van der Waals surface area contributed by atoms with E-state index < -0.39 is 0 Å². The van der Waals surface area contributed by atoms with E-state index in [9.17, 15) is 4.79 Å². The van der Waals surface area contributed by atoms with Crippen molar-refractivity contribution in [2.24, 2.45) is 0 Å². The van der Waals surface area contributed by atoms with Gasteiger partial charge in [0, 0.05) is 19.5 Å². The summed E-state index contributed by atoms with van der Waals surface area (Å²) in [6.45, 7) is 1.62. The highest BCUT2D eigenvalue weighted by molar-refractivity contribution is 7.18. The van der Waals surface area contributed by atoms with Crippen LogP contribution in [0.15, 0.2) is 24.3 Å². The lowest BCUT2D eigenvalue weighted by atomic mass is 10.2. The summed E-state index contributed by atoms with van der Waals surface area (Å²) in [6.07, 6.45) is 5.12. The minimum absolute atomic E-state index is 0.0321. The number of likely N-dealkylation sites (tertiary alicyclic amines) is 1. The molecule has 4 heterocycles. The van der Waals surface area contributed by atoms with Crippen LogP contribution in [-0.4, -0.2) is 37.2 Å². The van der Waals surface area contributed by atoms with Crippen molar-refractivity contribution < 1.29 is 4.79 Å². The maximum Gasteiger partial charge on any atom is 0.324 e. The first kappa shape index (κ1) is 15.7. The van der Waals surface area contributed by atoms with Crippen molar-refractivity contribution in [3.8, 4) is 0 Å². The number of anilines is 1. The monoisotopic (exact) mass is 368 g/mol. The smallest absolute Gasteiger partial charge is 0.315 e. The number of urea groups is 1. The Hall–Kier alpha value is -2.48. The lowest BCUT2D eigenvalue weighted by Gasteiger charge is -2.22. The molecule has 1 N–H and O–H groups in total. The first-order valence-corrected chi connectivity index (χ1v) is 9.96. The van der Waals surface area contributed by atoms with E-state index >= 15 is 0 Å². The van der Waals surface area contributed by atoms with Gasteiger partial charge in [-0.2, -0.15) is 4.98 Å². The van der Waals surface area contributed by atoms with Gasteiger partial charge in [0.05, 0.1) is 16.3 Å². The summed E-state index contributed by atoms with van der Waals surface area (Å²) in [5.74, 6) is 1.39. The molecule has 1 atom stereocenters. The van der Waals surface area contributed by atoms with Gasteiger partial charge in [0.1, 0.15) is 10.8 Å². The largest absolute Gasteiger partial charge is 0.324 e. The van der Waals surface area contributed by atoms with Gasteiger partial charge >= 0.3 is 6.03 Å². The molecule has 134 valence electrons. The number of rotatable bonds is 2. The molecule has 0 bridgehead atoms. The molecule has 1 unspecified atom stereocenters. The third-order valence-electron chi connectivity index (χ3n) is 5.10. The van der Waals surface area contributed by atoms with Crippen molar-refractivity contribution in [3.05, 3.63) is 35.1 Å². The third-order valence-corrected chi connectivity index (χ3v) is 6.23. The number of hydrogen-bond acceptors (Lipinski definition) is 5. The second-order valence-electron chi connectivity index (χ2n) is 6.83. The average molecular weight is 368 g/mol. The highest BCUT2D eigenvalue weighted by atomic mass is 32.1. The number of carbonyl (C=O) groups excluding carboxylic acids is 1. The van der Waals surface area contributed by atoms with E-state index in [2.05, 4.69) is 21.5 Å². The molecule has 8 heteroatoms. The zero-order chi connectivity index (χ0) is 17.5. The molecular formula is C18H20N6OS. The molecule has 0 aliphatic carbocycles. The van der Waals surface area contributed by atoms with E-state index in [-0.39, 0.29) is 12.1 Å². The lowest BCUT2D eigenvalue weighted by molar-refractivity contribution is 0.207. The van der Waals surface area contributed by atoms with Gasteiger partial charge in [-0.15, -0.1) is 16.4 Å². The second-order valence-corrected chi connectivity index (χ2v) is 7.90. The number of para-hydroxylation sites is 1. The molecular weight excluding hydrogens is 348 g/mol. The zero-order valence-corrected chi connectivity index (χ0v) is 15.2. The van der Waals surface area contributed by atoms with Gasteiger partial charge in [-0.1, -0.05) is 12.1 Å². The molecule has 2 aliphatic heterocycles. The summed E-state index contributed by atoms with van der Waals surface area (Å²) in [4.78, 5) is 23.9. The predicted molar refractivity (Wildman–Crippen MR) is 100 cm³/mol. The molecule has 26 heavy (non-hydrogen) atoms. The number of aryl methyl sites for hydroxylation is 2. The van der Waals surface area contributed by atoms with E-state index in [1.54, 1.807) is 11.3 Å². The highest BCUT2D eigenvalue weighted by Gasteiger charge is 2.33. The van der Waals surface area contributed by atoms with Gasteiger partial charge in [-0.05, 0) is 37.8 Å². The summed E-state index contributed by atoms with van der Waals surface area (Å²) >= 11 is 1.68. The number of benzene rings is 1. The predicted octanol–water partition coefficient (Wildman–Crippen LogP) is 3.59. The molecule has 1 saturated heterocycles. The Morgan fingerprint density at radius 1 is 1.15 bits per heavy atom. The molecule has 7 nitrogen and oxygen atoms in total. The topological polar surface area (TPSA) is 75.9 Å². The van der Waals surface area contributed by atoms with E-state index in [0.29, 0.717) is 5.95 Å². The van der Waals surface area contributed by atoms with Crippen LogP contribution in [0.1, 0.15) is 42.6 Å². The minimum Gasteiger partial charge on any atom is -0.315 e. The molecule has 2 amide bonds. The molecule has 0 saturated carbocycles. The van der Waals surface area contributed by atoms with E-state index in [4.69, 9.17) is 4.98 Å². The number of nitrogens with one attached hydrogen (secondary N) is 1. The van der Waals surface area contributed by atoms with Crippen LogP contribution in [0.2, 0.25) is 0 Å². The summed E-state index contributed by atoms with van der Waals surface area (Å²) in [5, 5.41) is 8.33. The van der Waals surface area contributed by atoms with Gasteiger partial charge in [0.2, 0.25) is 5.95 Å². The molecule has 2 aromatic heterocycles. The fourth-order valence-corrected chi connectivity index (χ4v) is 4.92. The molecule has 3 aromatic rings. The standard InChI is InChI=1S/C18H20N6OS/c25-18(21-17-20-15-9-3-4-11-24(15)22-17)23-10-5-7-13(23)16-19-12-6-1-2-8-14(12)26-16/h1-2,6,8,13H,3-5,7,9-11H2,(H,21,22,25). The number of amides is 2. The number of hydrogen-bond donors (Lipinski definition) is 1. The zero-order valence-electron chi connectivity index (χ0n) is 14.4. The Morgan fingerprint density at radius 2 is 2.08 bits per heavy atom. The van der Waals surface area contributed by atoms with Crippen molar-refractivity contribution in [2.45, 2.75) is 44.7 Å². The second kappa shape index (κ2) is 6.35. The van der Waals surface area contributed by atoms with E-state index in [1.165, 1.54) is 4.70 Å². The van der Waals surface area contributed by atoms with Crippen LogP contribution in [0, 0.1) is 0 Å². The van der Waals surface area contributed by atoms with Crippen molar-refractivity contribution >= 4 is 33.5 Å². The van der Waals surface area contributed by atoms with Crippen LogP contribution in [0.25, 0.3) is 10.2 Å². The Bertz CT molecular complexity index is 907. The van der Waals surface area contributed by atoms with Crippen LogP contribution in [0.4, 0.5) is 10.7 Å². The first-order chi connectivity index (χ1) is 12.8. The number of thiazole rings is 1. The summed E-state index contributed by atoms with van der Waals surface area (Å²) in [7, 11) is 0. The van der Waals surface area contributed by atoms with Crippen LogP contribution in [0.5, 0.6) is 0 Å². The summed E-state index contributed by atoms with van der Waals surface area (Å²) in [6, 6.07) is 8.02. The van der Waals surface area contributed by atoms with Gasteiger partial charge in [0.15, 0.2) is 0 Å². The normalized spacial score (nSPS) is 19.7. The van der Waals surface area contributed by atoms with Gasteiger partial charge < -0.3 is 4.90 Å². The minimum atomic E-state index is -0.130. The number of carbonyl (C=O) groups is 1. The van der Waals surface area contributed by atoms with Crippen LogP contribution in [-0.2, 0) is 13.0 Å². The molecule has 1 aromatic carbocycles. The molecule has 2 aliphatic rings. The number of fused-ring (bicyclic) bond motifs is 2. The Kier molecular flexibility index (Phi) is 3.85. The molecule has 0 spiro atoms. The summed E-state index contributed by atoms with van der Waals surface area (Å²) < 4.78 is 3.08. The fourth-order valence-electron chi connectivity index (χ4n) is 3.80. The lowest BCUT2D eigenvalue weighted by Crippen LogP contribution is -2.34. The van der Waals surface area contributed by atoms with Crippen molar-refractivity contribution in [3.63, 3.8) is 0 Å². The van der Waals surface area contributed by atoms with Gasteiger partial charge in [-0.25, -0.2) is 14.5 Å². The maximum atomic E-state index is 12.8. The number of nitrogens with zero attached hydrogens (tertiary/aromatic N) is 5. The average Bonchev–Trinajstić information content (AvgIpc) is 3.37. The molecule has 0 radical (unpaired) electrons. The van der Waals surface area contributed by atoms with Crippen molar-refractivity contribution in [2.75, 3.05) is 11.9 Å². The van der Waals surface area contributed by atoms with Crippen LogP contribution < -0.4 is 5.32 Å². The van der Waals surface area contributed by atoms with Gasteiger partial charge in [-0.3, -0.25) is 5.32 Å². The van der Waals surface area contributed by atoms with E-state index in [0.717, 1.165) is 61.5 Å². The van der Waals surface area contributed by atoms with Crippen molar-refractivity contribution in [1.29, 1.82) is 0 Å².